The summed E-state index contributed by atoms with van der Waals surface area (Å²) in [5, 5.41) is 0.541. The van der Waals surface area contributed by atoms with Crippen LogP contribution in [0.4, 0.5) is 4.79 Å². The molecule has 1 aromatic rings. The molecule has 2 heterocycles. The maximum absolute atomic E-state index is 12.2. The van der Waals surface area contributed by atoms with Crippen molar-refractivity contribution in [3.8, 4) is 0 Å². The van der Waals surface area contributed by atoms with Crippen LogP contribution < -0.4 is 0 Å². The van der Waals surface area contributed by atoms with Crippen LogP contribution in [0.25, 0.3) is 0 Å². The highest BCUT2D eigenvalue weighted by Crippen LogP contribution is 2.51. The lowest BCUT2D eigenvalue weighted by atomic mass is 9.92. The summed E-state index contributed by atoms with van der Waals surface area (Å²) in [6.45, 7) is 6.43. The summed E-state index contributed by atoms with van der Waals surface area (Å²) >= 11 is 5.98. The van der Waals surface area contributed by atoms with Gasteiger partial charge in [-0.15, -0.1) is 0 Å². The number of likely N-dealkylation sites (tertiary alicyclic amines) is 1. The van der Waals surface area contributed by atoms with Crippen LogP contribution in [0.1, 0.15) is 45.2 Å². The third kappa shape index (κ3) is 3.15. The molecule has 3 unspecified atom stereocenters. The van der Waals surface area contributed by atoms with E-state index < -0.39 is 5.60 Å². The van der Waals surface area contributed by atoms with Crippen molar-refractivity contribution in [3.63, 3.8) is 0 Å². The van der Waals surface area contributed by atoms with Crippen molar-refractivity contribution in [2.45, 2.75) is 51.2 Å². The lowest BCUT2D eigenvalue weighted by Crippen LogP contribution is -2.42. The molecule has 0 N–H and O–H groups in total. The Kier molecular flexibility index (Phi) is 3.60. The number of aromatic nitrogens is 1. The number of hydrogen-bond donors (Lipinski definition) is 0. The third-order valence-electron chi connectivity index (χ3n) is 4.15. The Morgan fingerprint density at radius 2 is 2.19 bits per heavy atom. The zero-order chi connectivity index (χ0) is 15.2. The number of hydrogen-bond acceptors (Lipinski definition) is 3. The van der Waals surface area contributed by atoms with Crippen molar-refractivity contribution in [3.05, 3.63) is 29.0 Å². The van der Waals surface area contributed by atoms with E-state index in [-0.39, 0.29) is 6.09 Å². The molecule has 1 amide bonds. The maximum atomic E-state index is 12.2. The van der Waals surface area contributed by atoms with Crippen molar-refractivity contribution in [2.24, 2.45) is 5.92 Å². The van der Waals surface area contributed by atoms with Gasteiger partial charge in [0.25, 0.3) is 0 Å². The third-order valence-corrected chi connectivity index (χ3v) is 4.36. The summed E-state index contributed by atoms with van der Waals surface area (Å²) in [6.07, 6.45) is 1.78. The molecule has 1 aliphatic carbocycles. The van der Waals surface area contributed by atoms with Gasteiger partial charge in [-0.2, -0.15) is 0 Å². The predicted octanol–water partition coefficient (Wildman–Crippen LogP) is 3.85. The lowest BCUT2D eigenvalue weighted by molar-refractivity contribution is 0.0183. The monoisotopic (exact) mass is 308 g/mol. The molecule has 0 spiro atoms. The minimum absolute atomic E-state index is 0.187. The van der Waals surface area contributed by atoms with E-state index >= 15 is 0 Å². The second kappa shape index (κ2) is 5.16. The molecule has 2 aliphatic rings. The van der Waals surface area contributed by atoms with Crippen molar-refractivity contribution < 1.29 is 9.53 Å². The summed E-state index contributed by atoms with van der Waals surface area (Å²) in [4.78, 5) is 18.5. The number of amides is 1. The van der Waals surface area contributed by atoms with Crippen LogP contribution >= 0.6 is 11.6 Å². The van der Waals surface area contributed by atoms with Gasteiger partial charge in [0, 0.05) is 24.2 Å². The van der Waals surface area contributed by atoms with E-state index in [0.29, 0.717) is 23.0 Å². The Morgan fingerprint density at radius 1 is 1.43 bits per heavy atom. The molecule has 0 aromatic carbocycles. The largest absolute Gasteiger partial charge is 0.444 e. The van der Waals surface area contributed by atoms with Crippen LogP contribution in [-0.2, 0) is 4.74 Å². The average molecular weight is 309 g/mol. The molecule has 2 fully saturated rings. The molecular weight excluding hydrogens is 288 g/mol. The fraction of sp³-hybridized carbons (Fsp3) is 0.625. The predicted molar refractivity (Wildman–Crippen MR) is 81.4 cm³/mol. The summed E-state index contributed by atoms with van der Waals surface area (Å²) in [6, 6.07) is 6.09. The number of pyridine rings is 1. The lowest BCUT2D eigenvalue weighted by Gasteiger charge is -2.33. The summed E-state index contributed by atoms with van der Waals surface area (Å²) in [5.74, 6) is 0.907. The number of ether oxygens (including phenoxy) is 1. The first-order chi connectivity index (χ1) is 9.85. The quantitative estimate of drug-likeness (QED) is 0.740. The highest BCUT2D eigenvalue weighted by Gasteiger charge is 2.53. The molecule has 4 nitrogen and oxygen atoms in total. The van der Waals surface area contributed by atoms with E-state index in [0.717, 1.165) is 25.1 Å². The van der Waals surface area contributed by atoms with Crippen LogP contribution in [0, 0.1) is 5.92 Å². The molecule has 0 bridgehead atoms. The molecule has 114 valence electrons. The van der Waals surface area contributed by atoms with E-state index in [2.05, 4.69) is 4.98 Å². The molecule has 1 saturated heterocycles. The summed E-state index contributed by atoms with van der Waals surface area (Å²) in [5.41, 5.74) is 0.617. The minimum atomic E-state index is -0.438. The number of carbonyl (C=O) groups excluding carboxylic acids is 1. The zero-order valence-electron chi connectivity index (χ0n) is 12.7. The second-order valence-corrected chi connectivity index (χ2v) is 7.31. The molecule has 1 aliphatic heterocycles. The summed E-state index contributed by atoms with van der Waals surface area (Å²) in [7, 11) is 0. The van der Waals surface area contributed by atoms with Gasteiger partial charge in [0.05, 0.1) is 0 Å². The normalized spacial score (nSPS) is 28.0. The second-order valence-electron chi connectivity index (χ2n) is 6.92. The number of nitrogens with zero attached hydrogens (tertiary/aromatic N) is 2. The Hall–Kier alpha value is -1.29. The topological polar surface area (TPSA) is 42.4 Å². The summed E-state index contributed by atoms with van der Waals surface area (Å²) < 4.78 is 5.48. The number of fused-ring (bicyclic) bond motifs is 1. The first-order valence-corrected chi connectivity index (χ1v) is 7.85. The first kappa shape index (κ1) is 14.6. The van der Waals surface area contributed by atoms with Gasteiger partial charge in [-0.3, -0.25) is 0 Å². The molecule has 1 saturated carbocycles. The molecule has 5 heteroatoms. The molecular formula is C16H21ClN2O2. The van der Waals surface area contributed by atoms with Gasteiger partial charge >= 0.3 is 6.09 Å². The van der Waals surface area contributed by atoms with E-state index in [1.54, 1.807) is 6.07 Å². The standard InChI is InChI=1S/C16H21ClN2O2/c1-16(2,3)21-15(20)19-8-7-10(11-9-13(11)19)12-5-4-6-14(17)18-12/h4-6,10-11,13H,7-9H2,1-3H3. The Morgan fingerprint density at radius 3 is 2.86 bits per heavy atom. The Bertz CT molecular complexity index is 555. The van der Waals surface area contributed by atoms with Gasteiger partial charge in [0.15, 0.2) is 0 Å². The van der Waals surface area contributed by atoms with Crippen molar-refractivity contribution in [2.75, 3.05) is 6.54 Å². The van der Waals surface area contributed by atoms with Crippen LogP contribution in [0.15, 0.2) is 18.2 Å². The number of carbonyl (C=O) groups is 1. The fourth-order valence-electron chi connectivity index (χ4n) is 3.19. The molecule has 21 heavy (non-hydrogen) atoms. The Balaban J connectivity index is 1.67. The van der Waals surface area contributed by atoms with E-state index in [9.17, 15) is 4.79 Å². The van der Waals surface area contributed by atoms with Crippen LogP contribution in [0.5, 0.6) is 0 Å². The van der Waals surface area contributed by atoms with E-state index in [1.807, 2.05) is 37.8 Å². The molecule has 1 aromatic heterocycles. The van der Waals surface area contributed by atoms with Crippen LogP contribution in [0.2, 0.25) is 5.15 Å². The highest BCUT2D eigenvalue weighted by molar-refractivity contribution is 6.29. The van der Waals surface area contributed by atoms with E-state index in [1.165, 1.54) is 0 Å². The maximum Gasteiger partial charge on any atom is 0.410 e. The van der Waals surface area contributed by atoms with Crippen molar-refractivity contribution in [1.82, 2.24) is 9.88 Å². The van der Waals surface area contributed by atoms with Gasteiger partial charge in [-0.25, -0.2) is 9.78 Å². The SMILES string of the molecule is CC(C)(C)OC(=O)N1CCC(c2cccc(Cl)n2)C2CC21. The van der Waals surface area contributed by atoms with Crippen LogP contribution in [0.3, 0.4) is 0 Å². The highest BCUT2D eigenvalue weighted by atomic mass is 35.5. The fourth-order valence-corrected chi connectivity index (χ4v) is 3.36. The van der Waals surface area contributed by atoms with Crippen molar-refractivity contribution >= 4 is 17.7 Å². The van der Waals surface area contributed by atoms with Crippen molar-refractivity contribution in [1.29, 1.82) is 0 Å². The molecule has 3 rings (SSSR count). The Labute approximate surface area is 130 Å². The van der Waals surface area contributed by atoms with Gasteiger partial charge in [0.1, 0.15) is 10.8 Å². The minimum Gasteiger partial charge on any atom is -0.444 e. The first-order valence-electron chi connectivity index (χ1n) is 7.47. The number of halogens is 1. The zero-order valence-corrected chi connectivity index (χ0v) is 13.4. The van der Waals surface area contributed by atoms with Gasteiger partial charge in [-0.1, -0.05) is 17.7 Å². The van der Waals surface area contributed by atoms with Gasteiger partial charge in [0.2, 0.25) is 0 Å². The van der Waals surface area contributed by atoms with Gasteiger partial charge < -0.3 is 9.64 Å². The number of piperidine rings is 1. The smallest absolute Gasteiger partial charge is 0.410 e. The molecule has 0 radical (unpaired) electrons. The molecule has 3 atom stereocenters. The number of rotatable bonds is 1. The van der Waals surface area contributed by atoms with Crippen LogP contribution in [-0.4, -0.2) is 34.2 Å². The average Bonchev–Trinajstić information content (AvgIpc) is 3.15. The van der Waals surface area contributed by atoms with Gasteiger partial charge in [-0.05, 0) is 51.7 Å². The van der Waals surface area contributed by atoms with E-state index in [4.69, 9.17) is 16.3 Å².